The number of nitrogens with one attached hydrogen (secondary N) is 2. The Kier molecular flexibility index (Phi) is 5.96. The summed E-state index contributed by atoms with van der Waals surface area (Å²) in [6.45, 7) is 0.532. The van der Waals surface area contributed by atoms with Crippen molar-refractivity contribution in [1.29, 1.82) is 0 Å². The molecule has 2 aromatic carbocycles. The number of ether oxygens (including phenoxy) is 1. The fourth-order valence-electron chi connectivity index (χ4n) is 2.79. The Hall–Kier alpha value is -2.91. The SMILES string of the molecule is COc1ccc(CNC(=O)c2cccc(S(=O)(=O)N3CCNC(=O)C3)c2)cc1. The highest BCUT2D eigenvalue weighted by Gasteiger charge is 2.29. The second-order valence-electron chi connectivity index (χ2n) is 6.25. The molecule has 1 saturated heterocycles. The number of nitrogens with zero attached hydrogens (tertiary/aromatic N) is 1. The minimum Gasteiger partial charge on any atom is -0.497 e. The second-order valence-corrected chi connectivity index (χ2v) is 8.19. The minimum absolute atomic E-state index is 0.0145. The molecule has 0 aliphatic carbocycles. The average molecular weight is 403 g/mol. The Morgan fingerprint density at radius 2 is 1.96 bits per heavy atom. The number of hydrogen-bond acceptors (Lipinski definition) is 5. The molecule has 0 unspecified atom stereocenters. The summed E-state index contributed by atoms with van der Waals surface area (Å²) < 4.78 is 31.7. The summed E-state index contributed by atoms with van der Waals surface area (Å²) in [4.78, 5) is 23.9. The number of amides is 2. The average Bonchev–Trinajstić information content (AvgIpc) is 2.72. The monoisotopic (exact) mass is 403 g/mol. The van der Waals surface area contributed by atoms with Gasteiger partial charge in [0.2, 0.25) is 15.9 Å². The molecule has 0 radical (unpaired) electrons. The van der Waals surface area contributed by atoms with Crippen LogP contribution in [0.2, 0.25) is 0 Å². The van der Waals surface area contributed by atoms with Crippen molar-refractivity contribution in [3.63, 3.8) is 0 Å². The van der Waals surface area contributed by atoms with Crippen molar-refractivity contribution >= 4 is 21.8 Å². The highest BCUT2D eigenvalue weighted by molar-refractivity contribution is 7.89. The summed E-state index contributed by atoms with van der Waals surface area (Å²) in [6.07, 6.45) is 0. The first-order chi connectivity index (χ1) is 13.4. The van der Waals surface area contributed by atoms with Gasteiger partial charge in [-0.05, 0) is 35.9 Å². The van der Waals surface area contributed by atoms with Gasteiger partial charge in [-0.15, -0.1) is 0 Å². The molecule has 2 N–H and O–H groups in total. The number of benzene rings is 2. The van der Waals surface area contributed by atoms with Crippen LogP contribution in [-0.2, 0) is 21.4 Å². The van der Waals surface area contributed by atoms with E-state index >= 15 is 0 Å². The van der Waals surface area contributed by atoms with Crippen LogP contribution in [0.5, 0.6) is 5.75 Å². The first-order valence-electron chi connectivity index (χ1n) is 8.68. The number of hydrogen-bond donors (Lipinski definition) is 2. The van der Waals surface area contributed by atoms with E-state index in [1.165, 1.54) is 18.2 Å². The van der Waals surface area contributed by atoms with E-state index in [0.29, 0.717) is 6.54 Å². The van der Waals surface area contributed by atoms with Crippen LogP contribution in [0.15, 0.2) is 53.4 Å². The Labute approximate surface area is 163 Å². The Balaban J connectivity index is 1.71. The maximum Gasteiger partial charge on any atom is 0.251 e. The van der Waals surface area contributed by atoms with E-state index in [4.69, 9.17) is 4.74 Å². The van der Waals surface area contributed by atoms with Crippen molar-refractivity contribution < 1.29 is 22.7 Å². The maximum atomic E-state index is 12.7. The summed E-state index contributed by atoms with van der Waals surface area (Å²) in [7, 11) is -2.27. The molecule has 0 spiro atoms. The zero-order chi connectivity index (χ0) is 20.1. The third-order valence-corrected chi connectivity index (χ3v) is 6.19. The van der Waals surface area contributed by atoms with Crippen LogP contribution < -0.4 is 15.4 Å². The molecule has 0 atom stereocenters. The van der Waals surface area contributed by atoms with Crippen LogP contribution >= 0.6 is 0 Å². The summed E-state index contributed by atoms with van der Waals surface area (Å²) in [5, 5.41) is 5.35. The standard InChI is InChI=1S/C19H21N3O5S/c1-27-16-7-5-14(6-8-16)12-21-19(24)15-3-2-4-17(11-15)28(25,26)22-10-9-20-18(23)13-22/h2-8,11H,9-10,12-13H2,1H3,(H,20,23)(H,21,24). The molecule has 1 aliphatic heterocycles. The molecule has 0 saturated carbocycles. The zero-order valence-corrected chi connectivity index (χ0v) is 16.2. The lowest BCUT2D eigenvalue weighted by Gasteiger charge is -2.26. The molecule has 3 rings (SSSR count). The lowest BCUT2D eigenvalue weighted by Crippen LogP contribution is -2.49. The fraction of sp³-hybridized carbons (Fsp3) is 0.263. The van der Waals surface area contributed by atoms with E-state index in [-0.39, 0.29) is 41.9 Å². The Bertz CT molecular complexity index is 973. The van der Waals surface area contributed by atoms with Gasteiger partial charge in [-0.3, -0.25) is 9.59 Å². The molecule has 0 bridgehead atoms. The number of piperazine rings is 1. The van der Waals surface area contributed by atoms with Crippen LogP contribution in [0.25, 0.3) is 0 Å². The molecule has 9 heteroatoms. The first-order valence-corrected chi connectivity index (χ1v) is 10.1. The third kappa shape index (κ3) is 4.49. The predicted molar refractivity (Wildman–Crippen MR) is 102 cm³/mol. The number of carbonyl (C=O) groups is 2. The topological polar surface area (TPSA) is 105 Å². The highest BCUT2D eigenvalue weighted by atomic mass is 32.2. The van der Waals surface area contributed by atoms with Crippen LogP contribution in [0.1, 0.15) is 15.9 Å². The van der Waals surface area contributed by atoms with Gasteiger partial charge in [0.15, 0.2) is 0 Å². The van der Waals surface area contributed by atoms with Crippen molar-refractivity contribution in [1.82, 2.24) is 14.9 Å². The maximum absolute atomic E-state index is 12.7. The first kappa shape index (κ1) is 19.8. The lowest BCUT2D eigenvalue weighted by molar-refractivity contribution is -0.122. The smallest absolute Gasteiger partial charge is 0.251 e. The van der Waals surface area contributed by atoms with Crippen molar-refractivity contribution in [2.45, 2.75) is 11.4 Å². The van der Waals surface area contributed by atoms with Gasteiger partial charge in [0.05, 0.1) is 18.6 Å². The lowest BCUT2D eigenvalue weighted by atomic mass is 10.2. The number of rotatable bonds is 6. The van der Waals surface area contributed by atoms with Crippen LogP contribution in [0.4, 0.5) is 0 Å². The molecular weight excluding hydrogens is 382 g/mol. The molecule has 2 amide bonds. The van der Waals surface area contributed by atoms with E-state index in [1.807, 2.05) is 12.1 Å². The largest absolute Gasteiger partial charge is 0.497 e. The van der Waals surface area contributed by atoms with Crippen LogP contribution in [0.3, 0.4) is 0 Å². The van der Waals surface area contributed by atoms with Gasteiger partial charge >= 0.3 is 0 Å². The summed E-state index contributed by atoms with van der Waals surface area (Å²) in [5.41, 5.74) is 1.12. The normalized spacial score (nSPS) is 15.0. The Morgan fingerprint density at radius 3 is 2.64 bits per heavy atom. The molecule has 1 aliphatic rings. The van der Waals surface area contributed by atoms with Gasteiger partial charge in [-0.2, -0.15) is 4.31 Å². The molecule has 28 heavy (non-hydrogen) atoms. The van der Waals surface area contributed by atoms with E-state index in [0.717, 1.165) is 15.6 Å². The third-order valence-electron chi connectivity index (χ3n) is 4.35. The molecule has 1 heterocycles. The van der Waals surface area contributed by atoms with Gasteiger partial charge in [0.1, 0.15) is 5.75 Å². The summed E-state index contributed by atoms with van der Waals surface area (Å²) in [6, 6.07) is 13.1. The van der Waals surface area contributed by atoms with E-state index in [2.05, 4.69) is 10.6 Å². The van der Waals surface area contributed by atoms with Gasteiger partial charge < -0.3 is 15.4 Å². The predicted octanol–water partition coefficient (Wildman–Crippen LogP) is 0.746. The number of carbonyl (C=O) groups excluding carboxylic acids is 2. The van der Waals surface area contributed by atoms with Crippen molar-refractivity contribution in [3.8, 4) is 5.75 Å². The fourth-order valence-corrected chi connectivity index (χ4v) is 4.24. The molecule has 1 fully saturated rings. The molecule has 2 aromatic rings. The van der Waals surface area contributed by atoms with Crippen molar-refractivity contribution in [3.05, 3.63) is 59.7 Å². The molecule has 0 aromatic heterocycles. The van der Waals surface area contributed by atoms with Crippen LogP contribution in [0, 0.1) is 0 Å². The summed E-state index contributed by atoms with van der Waals surface area (Å²) in [5.74, 6) is -0.00755. The summed E-state index contributed by atoms with van der Waals surface area (Å²) >= 11 is 0. The molecular formula is C19H21N3O5S. The highest BCUT2D eigenvalue weighted by Crippen LogP contribution is 2.18. The van der Waals surface area contributed by atoms with Gasteiger partial charge in [-0.1, -0.05) is 18.2 Å². The minimum atomic E-state index is -3.85. The Morgan fingerprint density at radius 1 is 1.21 bits per heavy atom. The number of methoxy groups -OCH3 is 1. The number of sulfonamides is 1. The second kappa shape index (κ2) is 8.41. The van der Waals surface area contributed by atoms with Gasteiger partial charge in [-0.25, -0.2) is 8.42 Å². The van der Waals surface area contributed by atoms with Gasteiger partial charge in [0.25, 0.3) is 5.91 Å². The van der Waals surface area contributed by atoms with Crippen LogP contribution in [-0.4, -0.2) is 51.3 Å². The van der Waals surface area contributed by atoms with E-state index < -0.39 is 10.0 Å². The molecule has 8 nitrogen and oxygen atoms in total. The molecule has 148 valence electrons. The van der Waals surface area contributed by atoms with E-state index in [1.54, 1.807) is 25.3 Å². The van der Waals surface area contributed by atoms with Crippen molar-refractivity contribution in [2.75, 3.05) is 26.7 Å². The van der Waals surface area contributed by atoms with E-state index in [9.17, 15) is 18.0 Å². The van der Waals surface area contributed by atoms with Gasteiger partial charge in [0, 0.05) is 25.2 Å². The van der Waals surface area contributed by atoms with Crippen molar-refractivity contribution in [2.24, 2.45) is 0 Å². The zero-order valence-electron chi connectivity index (χ0n) is 15.3. The quantitative estimate of drug-likeness (QED) is 0.741.